The van der Waals surface area contributed by atoms with Gasteiger partial charge in [0.1, 0.15) is 5.54 Å². The van der Waals surface area contributed by atoms with Crippen molar-refractivity contribution in [2.45, 2.75) is 25.8 Å². The number of fused-ring (bicyclic) bond motifs is 3. The van der Waals surface area contributed by atoms with Crippen LogP contribution in [0.1, 0.15) is 20.3 Å². The van der Waals surface area contributed by atoms with Crippen molar-refractivity contribution in [3.63, 3.8) is 0 Å². The number of halogens is 1. The molecule has 1 atom stereocenters. The lowest BCUT2D eigenvalue weighted by Crippen LogP contribution is -2.68. The molecular weight excluding hydrogens is 280 g/mol. The first-order chi connectivity index (χ1) is 9.64. The summed E-state index contributed by atoms with van der Waals surface area (Å²) in [5.41, 5.74) is 0.227. The minimum absolute atomic E-state index is 0.0336. The smallest absolute Gasteiger partial charge is 0.256 e. The Morgan fingerprint density at radius 2 is 2.25 bits per heavy atom. The summed E-state index contributed by atoms with van der Waals surface area (Å²) < 4.78 is 5.58. The molecule has 1 fully saturated rings. The molecule has 3 heterocycles. The van der Waals surface area contributed by atoms with Gasteiger partial charge in [0.05, 0.1) is 18.9 Å². The normalized spacial score (nSPS) is 25.4. The molecule has 3 rings (SSSR count). The molecular formula is C13H17ClN4O2. The van der Waals surface area contributed by atoms with E-state index >= 15 is 0 Å². The quantitative estimate of drug-likeness (QED) is 0.827. The number of rotatable bonds is 2. The van der Waals surface area contributed by atoms with Crippen molar-refractivity contribution in [2.75, 3.05) is 36.1 Å². The molecule has 1 aromatic heterocycles. The van der Waals surface area contributed by atoms with Gasteiger partial charge in [-0.05, 0) is 13.3 Å². The molecule has 6 nitrogen and oxygen atoms in total. The van der Waals surface area contributed by atoms with Gasteiger partial charge >= 0.3 is 0 Å². The van der Waals surface area contributed by atoms with Gasteiger partial charge in [-0.2, -0.15) is 0 Å². The fourth-order valence-electron chi connectivity index (χ4n) is 3.05. The molecule has 0 aromatic carbocycles. The Morgan fingerprint density at radius 3 is 2.95 bits per heavy atom. The number of carbonyl (C=O) groups is 1. The van der Waals surface area contributed by atoms with Gasteiger partial charge in [-0.15, -0.1) is 10.2 Å². The minimum Gasteiger partial charge on any atom is -0.377 e. The van der Waals surface area contributed by atoms with Gasteiger partial charge in [-0.1, -0.05) is 18.5 Å². The molecule has 0 aliphatic carbocycles. The summed E-state index contributed by atoms with van der Waals surface area (Å²) in [6.07, 6.45) is 0.682. The zero-order valence-corrected chi connectivity index (χ0v) is 12.4. The highest BCUT2D eigenvalue weighted by Crippen LogP contribution is 2.42. The van der Waals surface area contributed by atoms with Gasteiger partial charge in [-0.25, -0.2) is 0 Å². The topological polar surface area (TPSA) is 58.6 Å². The first-order valence-corrected chi connectivity index (χ1v) is 7.22. The summed E-state index contributed by atoms with van der Waals surface area (Å²) in [5, 5.41) is 8.33. The number of likely N-dealkylation sites (N-methyl/N-ethyl adjacent to an activating group) is 1. The maximum Gasteiger partial charge on any atom is 0.256 e. The van der Waals surface area contributed by atoms with Crippen molar-refractivity contribution in [3.05, 3.63) is 11.2 Å². The second kappa shape index (κ2) is 4.86. The van der Waals surface area contributed by atoms with Crippen molar-refractivity contribution in [3.8, 4) is 0 Å². The zero-order chi connectivity index (χ0) is 14.3. The Labute approximate surface area is 122 Å². The number of hydrogen-bond acceptors (Lipinski definition) is 5. The van der Waals surface area contributed by atoms with E-state index < -0.39 is 5.54 Å². The van der Waals surface area contributed by atoms with Crippen LogP contribution in [0.15, 0.2) is 6.07 Å². The van der Waals surface area contributed by atoms with Crippen molar-refractivity contribution < 1.29 is 9.53 Å². The van der Waals surface area contributed by atoms with Crippen molar-refractivity contribution >= 4 is 29.0 Å². The third kappa shape index (κ3) is 1.71. The van der Waals surface area contributed by atoms with E-state index in [-0.39, 0.29) is 5.91 Å². The molecule has 0 spiro atoms. The summed E-state index contributed by atoms with van der Waals surface area (Å²) in [6, 6.07) is 1.79. The largest absolute Gasteiger partial charge is 0.377 e. The van der Waals surface area contributed by atoms with Crippen LogP contribution >= 0.6 is 11.6 Å². The second-order valence-corrected chi connectivity index (χ2v) is 5.40. The van der Waals surface area contributed by atoms with Gasteiger partial charge in [0, 0.05) is 19.2 Å². The standard InChI is InChI=1S/C13H17ClN4O2/c1-3-13-8-20-6-5-18(13)9-7-10(14)15-16-11(9)17(4-2)12(13)19/h7H,3-6,8H2,1-2H3. The Bertz CT molecular complexity index is 553. The van der Waals surface area contributed by atoms with E-state index in [1.54, 1.807) is 11.0 Å². The molecule has 1 amide bonds. The van der Waals surface area contributed by atoms with Crippen LogP contribution in [0, 0.1) is 0 Å². The number of carbonyl (C=O) groups excluding carboxylic acids is 1. The highest BCUT2D eigenvalue weighted by molar-refractivity contribution is 6.29. The Kier molecular flexibility index (Phi) is 3.30. The van der Waals surface area contributed by atoms with Crippen molar-refractivity contribution in [1.29, 1.82) is 0 Å². The highest BCUT2D eigenvalue weighted by atomic mass is 35.5. The lowest BCUT2D eigenvalue weighted by molar-refractivity contribution is -0.128. The molecule has 108 valence electrons. The van der Waals surface area contributed by atoms with Crippen LogP contribution in [0.25, 0.3) is 0 Å². The van der Waals surface area contributed by atoms with Crippen LogP contribution < -0.4 is 9.80 Å². The molecule has 0 N–H and O–H groups in total. The molecule has 7 heteroatoms. The van der Waals surface area contributed by atoms with E-state index in [4.69, 9.17) is 16.3 Å². The van der Waals surface area contributed by atoms with Gasteiger partial charge in [-0.3, -0.25) is 9.69 Å². The third-order valence-electron chi connectivity index (χ3n) is 4.13. The van der Waals surface area contributed by atoms with E-state index in [0.29, 0.717) is 43.7 Å². The van der Waals surface area contributed by atoms with Gasteiger partial charge in [0.2, 0.25) is 0 Å². The summed E-state index contributed by atoms with van der Waals surface area (Å²) in [7, 11) is 0. The summed E-state index contributed by atoms with van der Waals surface area (Å²) in [5.74, 6) is 0.624. The highest BCUT2D eigenvalue weighted by Gasteiger charge is 2.52. The van der Waals surface area contributed by atoms with Crippen LogP contribution in [-0.2, 0) is 9.53 Å². The van der Waals surface area contributed by atoms with Crippen LogP contribution in [0.5, 0.6) is 0 Å². The maximum atomic E-state index is 12.9. The Hall–Kier alpha value is -1.40. The SMILES string of the molecule is CCN1C(=O)C2(CC)COCCN2c2cc(Cl)nnc21. The van der Waals surface area contributed by atoms with Gasteiger partial charge in [0.15, 0.2) is 11.0 Å². The Morgan fingerprint density at radius 1 is 1.45 bits per heavy atom. The first kappa shape index (κ1) is 13.6. The molecule has 1 aromatic rings. The second-order valence-electron chi connectivity index (χ2n) is 5.01. The summed E-state index contributed by atoms with van der Waals surface area (Å²) >= 11 is 5.99. The number of nitrogens with zero attached hydrogens (tertiary/aromatic N) is 4. The fraction of sp³-hybridized carbons (Fsp3) is 0.615. The van der Waals surface area contributed by atoms with E-state index in [1.807, 2.05) is 13.8 Å². The molecule has 1 unspecified atom stereocenters. The maximum absolute atomic E-state index is 12.9. The number of anilines is 2. The van der Waals surface area contributed by atoms with E-state index in [0.717, 1.165) is 5.69 Å². The molecule has 2 aliphatic rings. The van der Waals surface area contributed by atoms with Crippen molar-refractivity contribution in [2.24, 2.45) is 0 Å². The average molecular weight is 297 g/mol. The summed E-state index contributed by atoms with van der Waals surface area (Å²) in [4.78, 5) is 16.7. The Balaban J connectivity index is 2.21. The minimum atomic E-state index is -0.645. The molecule has 20 heavy (non-hydrogen) atoms. The zero-order valence-electron chi connectivity index (χ0n) is 11.6. The number of amides is 1. The molecule has 2 aliphatic heterocycles. The van der Waals surface area contributed by atoms with Crippen LogP contribution in [0.2, 0.25) is 5.15 Å². The van der Waals surface area contributed by atoms with E-state index in [2.05, 4.69) is 15.1 Å². The fourth-order valence-corrected chi connectivity index (χ4v) is 3.19. The molecule has 0 radical (unpaired) electrons. The summed E-state index contributed by atoms with van der Waals surface area (Å²) in [6.45, 7) is 6.15. The third-order valence-corrected chi connectivity index (χ3v) is 4.32. The lowest BCUT2D eigenvalue weighted by Gasteiger charge is -2.51. The number of aromatic nitrogens is 2. The van der Waals surface area contributed by atoms with Gasteiger partial charge < -0.3 is 9.64 Å². The number of hydrogen-bond donors (Lipinski definition) is 0. The molecule has 0 saturated carbocycles. The number of morpholine rings is 1. The first-order valence-electron chi connectivity index (χ1n) is 6.84. The van der Waals surface area contributed by atoms with Crippen LogP contribution in [0.4, 0.5) is 11.5 Å². The van der Waals surface area contributed by atoms with Gasteiger partial charge in [0.25, 0.3) is 5.91 Å². The lowest BCUT2D eigenvalue weighted by atomic mass is 9.88. The predicted octanol–water partition coefficient (Wildman–Crippen LogP) is 1.48. The van der Waals surface area contributed by atoms with Crippen LogP contribution in [-0.4, -0.2) is 47.9 Å². The average Bonchev–Trinajstić information content (AvgIpc) is 2.48. The predicted molar refractivity (Wildman–Crippen MR) is 76.3 cm³/mol. The van der Waals surface area contributed by atoms with E-state index in [1.165, 1.54) is 0 Å². The van der Waals surface area contributed by atoms with E-state index in [9.17, 15) is 4.79 Å². The van der Waals surface area contributed by atoms with Crippen molar-refractivity contribution in [1.82, 2.24) is 10.2 Å². The van der Waals surface area contributed by atoms with Crippen LogP contribution in [0.3, 0.4) is 0 Å². The molecule has 1 saturated heterocycles. The number of ether oxygens (including phenoxy) is 1. The molecule has 0 bridgehead atoms. The monoisotopic (exact) mass is 296 g/mol.